The standard InChI is InChI=1S/C18H18ClN3O2S/c1-22-17(13-24-16-10-6-5-9-15(16)19)20-21-18(22)25-12-11-23-14-7-3-2-4-8-14/h2-10H,11-13H2,1H3. The molecule has 25 heavy (non-hydrogen) atoms. The van der Waals surface area contributed by atoms with Gasteiger partial charge in [0.15, 0.2) is 11.0 Å². The van der Waals surface area contributed by atoms with Crippen molar-refractivity contribution in [1.82, 2.24) is 14.8 Å². The number of benzene rings is 2. The van der Waals surface area contributed by atoms with E-state index in [1.54, 1.807) is 17.8 Å². The minimum absolute atomic E-state index is 0.314. The first-order valence-electron chi connectivity index (χ1n) is 7.80. The van der Waals surface area contributed by atoms with Crippen LogP contribution in [0.5, 0.6) is 11.5 Å². The van der Waals surface area contributed by atoms with Gasteiger partial charge in [-0.05, 0) is 24.3 Å². The molecular formula is C18H18ClN3O2S. The highest BCUT2D eigenvalue weighted by Gasteiger charge is 2.10. The average Bonchev–Trinajstić information content (AvgIpc) is 2.99. The van der Waals surface area contributed by atoms with E-state index in [1.807, 2.05) is 60.1 Å². The number of aromatic nitrogens is 3. The first kappa shape index (κ1) is 17.6. The second kappa shape index (κ2) is 8.78. The minimum Gasteiger partial charge on any atom is -0.493 e. The SMILES string of the molecule is Cn1c(COc2ccccc2Cl)nnc1SCCOc1ccccc1. The zero-order valence-electron chi connectivity index (χ0n) is 13.8. The summed E-state index contributed by atoms with van der Waals surface area (Å²) in [5, 5.41) is 9.79. The molecule has 5 nitrogen and oxygen atoms in total. The third kappa shape index (κ3) is 4.90. The molecule has 2 aromatic carbocycles. The highest BCUT2D eigenvalue weighted by atomic mass is 35.5. The first-order chi connectivity index (χ1) is 12.2. The monoisotopic (exact) mass is 375 g/mol. The first-order valence-corrected chi connectivity index (χ1v) is 9.16. The van der Waals surface area contributed by atoms with Crippen LogP contribution in [0.2, 0.25) is 5.02 Å². The summed E-state index contributed by atoms with van der Waals surface area (Å²) >= 11 is 7.68. The van der Waals surface area contributed by atoms with E-state index < -0.39 is 0 Å². The maximum Gasteiger partial charge on any atom is 0.191 e. The Hall–Kier alpha value is -2.18. The Morgan fingerprint density at radius 2 is 1.76 bits per heavy atom. The molecule has 3 aromatic rings. The maximum absolute atomic E-state index is 6.08. The van der Waals surface area contributed by atoms with Gasteiger partial charge in [0.25, 0.3) is 0 Å². The van der Waals surface area contributed by atoms with Gasteiger partial charge >= 0.3 is 0 Å². The maximum atomic E-state index is 6.08. The molecule has 3 rings (SSSR count). The Balaban J connectivity index is 1.48. The van der Waals surface area contributed by atoms with Crippen LogP contribution < -0.4 is 9.47 Å². The summed E-state index contributed by atoms with van der Waals surface area (Å²) < 4.78 is 13.3. The summed E-state index contributed by atoms with van der Waals surface area (Å²) in [6.45, 7) is 0.918. The van der Waals surface area contributed by atoms with Crippen LogP contribution in [0.25, 0.3) is 0 Å². The smallest absolute Gasteiger partial charge is 0.191 e. The minimum atomic E-state index is 0.314. The summed E-state index contributed by atoms with van der Waals surface area (Å²) in [6, 6.07) is 17.1. The molecule has 0 bridgehead atoms. The number of hydrogen-bond acceptors (Lipinski definition) is 5. The topological polar surface area (TPSA) is 49.2 Å². The van der Waals surface area contributed by atoms with Crippen molar-refractivity contribution in [3.05, 3.63) is 65.4 Å². The van der Waals surface area contributed by atoms with Crippen LogP contribution in [0.1, 0.15) is 5.82 Å². The van der Waals surface area contributed by atoms with Crippen molar-refractivity contribution >= 4 is 23.4 Å². The van der Waals surface area contributed by atoms with Crippen LogP contribution >= 0.6 is 23.4 Å². The van der Waals surface area contributed by atoms with Crippen LogP contribution in [0.4, 0.5) is 0 Å². The van der Waals surface area contributed by atoms with Gasteiger partial charge in [-0.1, -0.05) is 53.7 Å². The number of ether oxygens (including phenoxy) is 2. The predicted octanol–water partition coefficient (Wildman–Crippen LogP) is 4.22. The number of hydrogen-bond donors (Lipinski definition) is 0. The molecule has 0 unspecified atom stereocenters. The third-order valence-corrected chi connectivity index (χ3v) is 4.74. The summed E-state index contributed by atoms with van der Waals surface area (Å²) in [7, 11) is 1.92. The van der Waals surface area contributed by atoms with Gasteiger partial charge in [0.1, 0.15) is 18.1 Å². The molecule has 0 aliphatic carbocycles. The van der Waals surface area contributed by atoms with Crippen LogP contribution in [-0.4, -0.2) is 27.1 Å². The molecule has 0 spiro atoms. The second-order valence-electron chi connectivity index (χ2n) is 5.19. The lowest BCUT2D eigenvalue weighted by molar-refractivity contribution is 0.290. The molecule has 0 saturated carbocycles. The lowest BCUT2D eigenvalue weighted by Gasteiger charge is -2.08. The Bertz CT molecular complexity index is 811. The Kier molecular flexibility index (Phi) is 6.19. The summed E-state index contributed by atoms with van der Waals surface area (Å²) in [6.07, 6.45) is 0. The van der Waals surface area contributed by atoms with Crippen LogP contribution in [-0.2, 0) is 13.7 Å². The number of para-hydroxylation sites is 2. The molecule has 7 heteroatoms. The highest BCUT2D eigenvalue weighted by molar-refractivity contribution is 7.99. The molecule has 130 valence electrons. The summed E-state index contributed by atoms with van der Waals surface area (Å²) in [4.78, 5) is 0. The van der Waals surface area contributed by atoms with Crippen LogP contribution in [0, 0.1) is 0 Å². The second-order valence-corrected chi connectivity index (χ2v) is 6.66. The number of thioether (sulfide) groups is 1. The van der Waals surface area contributed by atoms with E-state index in [0.717, 1.165) is 22.5 Å². The van der Waals surface area contributed by atoms with E-state index in [-0.39, 0.29) is 0 Å². The van der Waals surface area contributed by atoms with Crippen molar-refractivity contribution in [2.45, 2.75) is 11.8 Å². The summed E-state index contributed by atoms with van der Waals surface area (Å²) in [5.41, 5.74) is 0. The summed E-state index contributed by atoms with van der Waals surface area (Å²) in [5.74, 6) is 3.03. The van der Waals surface area contributed by atoms with E-state index in [9.17, 15) is 0 Å². The zero-order chi connectivity index (χ0) is 17.5. The van der Waals surface area contributed by atoms with Crippen molar-refractivity contribution in [1.29, 1.82) is 0 Å². The van der Waals surface area contributed by atoms with Gasteiger partial charge in [-0.15, -0.1) is 10.2 Å². The Morgan fingerprint density at radius 3 is 2.56 bits per heavy atom. The molecule has 1 heterocycles. The van der Waals surface area contributed by atoms with Gasteiger partial charge in [-0.2, -0.15) is 0 Å². The molecule has 1 aromatic heterocycles. The lowest BCUT2D eigenvalue weighted by Crippen LogP contribution is -2.05. The Morgan fingerprint density at radius 1 is 1.00 bits per heavy atom. The van der Waals surface area contributed by atoms with Gasteiger partial charge in [0.2, 0.25) is 0 Å². The van der Waals surface area contributed by atoms with Crippen molar-refractivity contribution in [3.63, 3.8) is 0 Å². The molecule has 0 N–H and O–H groups in total. The van der Waals surface area contributed by atoms with Gasteiger partial charge in [0, 0.05) is 12.8 Å². The quantitative estimate of drug-likeness (QED) is 0.436. The normalized spacial score (nSPS) is 10.6. The number of halogens is 1. The molecule has 0 saturated heterocycles. The van der Waals surface area contributed by atoms with Gasteiger partial charge in [0.05, 0.1) is 11.6 Å². The number of nitrogens with zero attached hydrogens (tertiary/aromatic N) is 3. The molecule has 0 atom stereocenters. The Labute approximate surface area is 155 Å². The highest BCUT2D eigenvalue weighted by Crippen LogP contribution is 2.24. The van der Waals surface area contributed by atoms with E-state index in [1.165, 1.54) is 0 Å². The van der Waals surface area contributed by atoms with Crippen LogP contribution in [0.15, 0.2) is 59.8 Å². The van der Waals surface area contributed by atoms with Gasteiger partial charge < -0.3 is 14.0 Å². The van der Waals surface area contributed by atoms with E-state index in [0.29, 0.717) is 24.0 Å². The molecule has 0 radical (unpaired) electrons. The van der Waals surface area contributed by atoms with Crippen molar-refractivity contribution in [2.24, 2.45) is 7.05 Å². The zero-order valence-corrected chi connectivity index (χ0v) is 15.3. The van der Waals surface area contributed by atoms with Gasteiger partial charge in [-0.25, -0.2) is 0 Å². The van der Waals surface area contributed by atoms with Gasteiger partial charge in [-0.3, -0.25) is 0 Å². The number of rotatable bonds is 8. The van der Waals surface area contributed by atoms with E-state index >= 15 is 0 Å². The molecule has 0 aliphatic rings. The molecule has 0 fully saturated rings. The predicted molar refractivity (Wildman–Crippen MR) is 99.4 cm³/mol. The fourth-order valence-corrected chi connectivity index (χ4v) is 3.05. The van der Waals surface area contributed by atoms with E-state index in [2.05, 4.69) is 10.2 Å². The molecular weight excluding hydrogens is 358 g/mol. The van der Waals surface area contributed by atoms with Crippen molar-refractivity contribution < 1.29 is 9.47 Å². The largest absolute Gasteiger partial charge is 0.493 e. The van der Waals surface area contributed by atoms with Crippen LogP contribution in [0.3, 0.4) is 0 Å². The fourth-order valence-electron chi connectivity index (χ4n) is 2.11. The average molecular weight is 376 g/mol. The van der Waals surface area contributed by atoms with Crippen molar-refractivity contribution in [3.8, 4) is 11.5 Å². The lowest BCUT2D eigenvalue weighted by atomic mass is 10.3. The molecule has 0 amide bonds. The van der Waals surface area contributed by atoms with E-state index in [4.69, 9.17) is 21.1 Å². The molecule has 0 aliphatic heterocycles. The fraction of sp³-hybridized carbons (Fsp3) is 0.222. The van der Waals surface area contributed by atoms with Crippen molar-refractivity contribution in [2.75, 3.05) is 12.4 Å². The third-order valence-electron chi connectivity index (χ3n) is 3.44.